The molecule has 0 saturated heterocycles. The summed E-state index contributed by atoms with van der Waals surface area (Å²) in [5.41, 5.74) is 1.05. The summed E-state index contributed by atoms with van der Waals surface area (Å²) >= 11 is 0. The molecular formula is C23H24N2O4S2. The molecule has 31 heavy (non-hydrogen) atoms. The predicted octanol–water partition coefficient (Wildman–Crippen LogP) is 4.40. The summed E-state index contributed by atoms with van der Waals surface area (Å²) in [4.78, 5) is 8.16. The van der Waals surface area contributed by atoms with E-state index >= 15 is 0 Å². The molecular weight excluding hydrogens is 432 g/mol. The first-order valence-electron chi connectivity index (χ1n) is 9.92. The molecule has 8 heteroatoms. The molecule has 0 aliphatic carbocycles. The summed E-state index contributed by atoms with van der Waals surface area (Å²) in [6, 6.07) is 18.5. The normalized spacial score (nSPS) is 12.5. The summed E-state index contributed by atoms with van der Waals surface area (Å²) in [6.07, 6.45) is 5.63. The quantitative estimate of drug-likeness (QED) is 0.445. The number of pyridine rings is 1. The summed E-state index contributed by atoms with van der Waals surface area (Å²) in [6.45, 7) is 2.10. The van der Waals surface area contributed by atoms with Crippen LogP contribution in [0.3, 0.4) is 0 Å². The molecule has 0 atom stereocenters. The van der Waals surface area contributed by atoms with E-state index in [4.69, 9.17) is 0 Å². The van der Waals surface area contributed by atoms with Gasteiger partial charge in [-0.15, -0.1) is 0 Å². The Labute approximate surface area is 183 Å². The number of benzene rings is 2. The minimum absolute atomic E-state index is 0.0890. The fourth-order valence-corrected chi connectivity index (χ4v) is 7.03. The smallest absolute Gasteiger partial charge is 0.206 e. The number of nitrogens with zero attached hydrogens (tertiary/aromatic N) is 2. The number of sulfone groups is 2. The molecule has 3 aromatic rings. The van der Waals surface area contributed by atoms with Crippen LogP contribution in [-0.2, 0) is 26.1 Å². The monoisotopic (exact) mass is 456 g/mol. The lowest BCUT2D eigenvalue weighted by Crippen LogP contribution is -2.32. The van der Waals surface area contributed by atoms with Gasteiger partial charge in [-0.2, -0.15) is 0 Å². The summed E-state index contributed by atoms with van der Waals surface area (Å²) in [5, 5.41) is 0. The Bertz CT molecular complexity index is 1150. The summed E-state index contributed by atoms with van der Waals surface area (Å²) in [7, 11) is -8.52. The number of aromatic nitrogens is 1. The molecule has 0 unspecified atom stereocenters. The van der Waals surface area contributed by atoms with Crippen molar-refractivity contribution in [1.82, 2.24) is 4.98 Å². The highest BCUT2D eigenvalue weighted by molar-refractivity contribution is 8.10. The van der Waals surface area contributed by atoms with Gasteiger partial charge < -0.3 is 0 Å². The Balaban J connectivity index is 2.02. The first kappa shape index (κ1) is 22.8. The van der Waals surface area contributed by atoms with Gasteiger partial charge in [0.15, 0.2) is 5.82 Å². The van der Waals surface area contributed by atoms with E-state index in [0.717, 1.165) is 31.0 Å². The maximum atomic E-state index is 13.3. The fraction of sp³-hybridized carbons (Fsp3) is 0.217. The van der Waals surface area contributed by atoms with Crippen molar-refractivity contribution >= 4 is 31.7 Å². The van der Waals surface area contributed by atoms with E-state index in [1.54, 1.807) is 48.7 Å². The molecule has 0 saturated carbocycles. The Morgan fingerprint density at radius 3 is 1.84 bits per heavy atom. The van der Waals surface area contributed by atoms with Gasteiger partial charge in [0.1, 0.15) is 0 Å². The van der Waals surface area contributed by atoms with Crippen LogP contribution in [0.2, 0.25) is 0 Å². The molecule has 6 nitrogen and oxygen atoms in total. The van der Waals surface area contributed by atoms with Gasteiger partial charge in [0.25, 0.3) is 0 Å². The van der Waals surface area contributed by atoms with Crippen LogP contribution in [0.5, 0.6) is 0 Å². The largest absolute Gasteiger partial charge is 0.239 e. The third kappa shape index (κ3) is 5.45. The highest BCUT2D eigenvalue weighted by Gasteiger charge is 2.38. The molecule has 1 heterocycles. The lowest BCUT2D eigenvalue weighted by Gasteiger charge is -2.15. The molecule has 0 aliphatic rings. The van der Waals surface area contributed by atoms with Gasteiger partial charge in [-0.1, -0.05) is 55.8 Å². The molecule has 0 aliphatic heterocycles. The van der Waals surface area contributed by atoms with Gasteiger partial charge in [0.2, 0.25) is 24.3 Å². The van der Waals surface area contributed by atoms with Crippen molar-refractivity contribution in [3.8, 4) is 0 Å². The molecule has 0 spiro atoms. The number of unbranched alkanes of at least 4 members (excludes halogenated alkanes) is 1. The van der Waals surface area contributed by atoms with Crippen LogP contribution in [0.25, 0.3) is 0 Å². The van der Waals surface area contributed by atoms with E-state index in [0.29, 0.717) is 0 Å². The first-order valence-corrected chi connectivity index (χ1v) is 13.0. The highest BCUT2D eigenvalue weighted by Crippen LogP contribution is 2.25. The molecule has 0 N–H and O–H groups in total. The molecule has 162 valence electrons. The molecule has 0 radical (unpaired) electrons. The minimum atomic E-state index is -4.26. The van der Waals surface area contributed by atoms with Crippen molar-refractivity contribution in [1.29, 1.82) is 0 Å². The number of aryl methyl sites for hydroxylation is 1. The van der Waals surface area contributed by atoms with Crippen molar-refractivity contribution in [3.63, 3.8) is 0 Å². The van der Waals surface area contributed by atoms with Gasteiger partial charge >= 0.3 is 0 Å². The number of hydrogen-bond acceptors (Lipinski definition) is 6. The Morgan fingerprint density at radius 2 is 1.39 bits per heavy atom. The zero-order valence-electron chi connectivity index (χ0n) is 17.1. The molecule has 3 rings (SSSR count). The third-order valence-corrected chi connectivity index (χ3v) is 9.56. The van der Waals surface area contributed by atoms with Gasteiger partial charge in [-0.05, 0) is 48.7 Å². The second-order valence-corrected chi connectivity index (χ2v) is 11.4. The molecule has 0 bridgehead atoms. The Kier molecular flexibility index (Phi) is 7.35. The van der Waals surface area contributed by atoms with Crippen LogP contribution in [-0.4, -0.2) is 32.6 Å². The standard InChI is InChI=1S/C23H24N2O4S2/c1-2-3-10-19-15-16-22(24-17-19)25-18-23(30(26,27)20-11-6-4-7-12-20)31(28,29)21-13-8-5-9-14-21/h4-9,11-18,23H,2-3,10H2,1H3. The number of rotatable bonds is 9. The van der Waals surface area contributed by atoms with E-state index in [1.807, 2.05) is 6.07 Å². The van der Waals surface area contributed by atoms with Crippen LogP contribution in [0.1, 0.15) is 25.3 Å². The first-order chi connectivity index (χ1) is 14.9. The summed E-state index contributed by atoms with van der Waals surface area (Å²) in [5.74, 6) is 0.247. The van der Waals surface area contributed by atoms with Crippen LogP contribution < -0.4 is 0 Å². The van der Waals surface area contributed by atoms with Crippen molar-refractivity contribution in [3.05, 3.63) is 84.6 Å². The minimum Gasteiger partial charge on any atom is -0.239 e. The van der Waals surface area contributed by atoms with Crippen molar-refractivity contribution in [2.24, 2.45) is 4.99 Å². The summed E-state index contributed by atoms with van der Waals surface area (Å²) < 4.78 is 51.1. The zero-order valence-corrected chi connectivity index (χ0v) is 18.8. The highest BCUT2D eigenvalue weighted by atomic mass is 32.3. The molecule has 0 fully saturated rings. The second kappa shape index (κ2) is 9.98. The fourth-order valence-electron chi connectivity index (χ4n) is 2.97. The molecule has 0 amide bonds. The Hall–Kier alpha value is -2.84. The Morgan fingerprint density at radius 1 is 0.839 bits per heavy atom. The van der Waals surface area contributed by atoms with E-state index in [2.05, 4.69) is 16.9 Å². The van der Waals surface area contributed by atoms with Gasteiger partial charge in [0, 0.05) is 12.4 Å². The van der Waals surface area contributed by atoms with Crippen molar-refractivity contribution in [2.45, 2.75) is 40.6 Å². The topological polar surface area (TPSA) is 93.5 Å². The maximum Gasteiger partial charge on any atom is 0.206 e. The average molecular weight is 457 g/mol. The van der Waals surface area contributed by atoms with E-state index in [9.17, 15) is 16.8 Å². The third-order valence-electron chi connectivity index (χ3n) is 4.71. The lowest BCUT2D eigenvalue weighted by molar-refractivity contribution is 0.584. The average Bonchev–Trinajstić information content (AvgIpc) is 2.79. The second-order valence-electron chi connectivity index (χ2n) is 6.99. The maximum absolute atomic E-state index is 13.3. The van der Waals surface area contributed by atoms with Gasteiger partial charge in [-0.25, -0.2) is 26.8 Å². The van der Waals surface area contributed by atoms with Crippen LogP contribution in [0.4, 0.5) is 5.82 Å². The van der Waals surface area contributed by atoms with Crippen LogP contribution in [0, 0.1) is 0 Å². The van der Waals surface area contributed by atoms with Gasteiger partial charge in [-0.3, -0.25) is 0 Å². The van der Waals surface area contributed by atoms with Crippen LogP contribution >= 0.6 is 0 Å². The molecule has 2 aromatic carbocycles. The van der Waals surface area contributed by atoms with Gasteiger partial charge in [0.05, 0.1) is 9.79 Å². The van der Waals surface area contributed by atoms with E-state index < -0.39 is 24.3 Å². The number of aliphatic imine (C=N–C) groups is 1. The van der Waals surface area contributed by atoms with Crippen molar-refractivity contribution in [2.75, 3.05) is 0 Å². The predicted molar refractivity (Wildman–Crippen MR) is 122 cm³/mol. The molecule has 1 aromatic heterocycles. The van der Waals surface area contributed by atoms with Crippen LogP contribution in [0.15, 0.2) is 93.8 Å². The SMILES string of the molecule is CCCCc1ccc(N=CC(S(=O)(=O)c2ccccc2)S(=O)(=O)c2ccccc2)nc1. The van der Waals surface area contributed by atoms with E-state index in [1.165, 1.54) is 24.3 Å². The lowest BCUT2D eigenvalue weighted by atomic mass is 10.1. The zero-order chi connectivity index (χ0) is 22.3. The number of hydrogen-bond donors (Lipinski definition) is 0. The van der Waals surface area contributed by atoms with Crippen molar-refractivity contribution < 1.29 is 16.8 Å². The van der Waals surface area contributed by atoms with E-state index in [-0.39, 0.29) is 15.6 Å².